The van der Waals surface area contributed by atoms with Crippen LogP contribution < -0.4 is 0 Å². The third kappa shape index (κ3) is 1.78. The van der Waals surface area contributed by atoms with Gasteiger partial charge in [-0.05, 0) is 31.9 Å². The predicted molar refractivity (Wildman–Crippen MR) is 62.0 cm³/mol. The average molecular weight is 322 g/mol. The lowest BCUT2D eigenvalue weighted by molar-refractivity contribution is 0.541. The molecule has 0 spiro atoms. The molecule has 7 heteroatoms. The summed E-state index contributed by atoms with van der Waals surface area (Å²) in [6.07, 6.45) is 1.84. The van der Waals surface area contributed by atoms with Crippen molar-refractivity contribution in [2.75, 3.05) is 13.1 Å². The summed E-state index contributed by atoms with van der Waals surface area (Å²) in [6.45, 7) is 0.895. The highest BCUT2D eigenvalue weighted by Gasteiger charge is 2.28. The molecule has 0 aromatic heterocycles. The number of hydrogen-bond donors (Lipinski definition) is 0. The number of nitroso groups, excluding NO2 is 1. The minimum Gasteiger partial charge on any atom is -0.326 e. The average Bonchev–Trinajstić information content (AvgIpc) is 2.48. The van der Waals surface area contributed by atoms with Gasteiger partial charge in [0.1, 0.15) is 15.8 Å². The first-order valence-electron chi connectivity index (χ1n) is 3.96. The fraction of sp³-hybridized carbons (Fsp3) is 0.429. The van der Waals surface area contributed by atoms with E-state index in [0.29, 0.717) is 11.2 Å². The molecule has 1 atom stereocenters. The van der Waals surface area contributed by atoms with E-state index >= 15 is 0 Å². The molecule has 0 saturated carbocycles. The Kier molecular flexibility index (Phi) is 2.78. The minimum atomic E-state index is -0.0556. The Morgan fingerprint density at radius 3 is 3.14 bits per heavy atom. The van der Waals surface area contributed by atoms with Crippen molar-refractivity contribution in [2.45, 2.75) is 6.04 Å². The van der Waals surface area contributed by atoms with Gasteiger partial charge in [0.25, 0.3) is 0 Å². The quantitative estimate of drug-likeness (QED) is 0.575. The Bertz CT molecular complexity index is 363. The van der Waals surface area contributed by atoms with Crippen LogP contribution in [-0.4, -0.2) is 34.5 Å². The summed E-state index contributed by atoms with van der Waals surface area (Å²) in [5.74, 6) is 0.766. The third-order valence-electron chi connectivity index (χ3n) is 1.92. The van der Waals surface area contributed by atoms with Crippen molar-refractivity contribution in [3.8, 4) is 0 Å². The van der Waals surface area contributed by atoms with Gasteiger partial charge in [0.15, 0.2) is 5.84 Å². The van der Waals surface area contributed by atoms with Gasteiger partial charge in [0.2, 0.25) is 0 Å². The second kappa shape index (κ2) is 3.90. The van der Waals surface area contributed by atoms with E-state index in [1.165, 1.54) is 0 Å². The number of nitrogens with zero attached hydrogens (tertiary/aromatic N) is 4. The molecule has 0 radical (unpaired) electrons. The van der Waals surface area contributed by atoms with Crippen molar-refractivity contribution in [3.63, 3.8) is 0 Å². The lowest BCUT2D eigenvalue weighted by Crippen LogP contribution is -2.30. The van der Waals surface area contributed by atoms with Crippen LogP contribution in [0.3, 0.4) is 0 Å². The zero-order chi connectivity index (χ0) is 10.1. The molecule has 0 saturated heterocycles. The van der Waals surface area contributed by atoms with Crippen molar-refractivity contribution in [3.05, 3.63) is 15.7 Å². The van der Waals surface area contributed by atoms with Crippen molar-refractivity contribution in [1.29, 1.82) is 0 Å². The highest BCUT2D eigenvalue weighted by Crippen LogP contribution is 2.23. The van der Waals surface area contributed by atoms with Gasteiger partial charge >= 0.3 is 0 Å². The molecule has 0 fully saturated rings. The number of rotatable bonds is 2. The second-order valence-corrected chi connectivity index (χ2v) is 4.49. The van der Waals surface area contributed by atoms with Crippen LogP contribution in [0.25, 0.3) is 0 Å². The zero-order valence-electron chi connectivity index (χ0n) is 7.02. The minimum absolute atomic E-state index is 0.0556. The van der Waals surface area contributed by atoms with E-state index in [9.17, 15) is 4.91 Å². The maximum absolute atomic E-state index is 10.1. The van der Waals surface area contributed by atoms with Crippen molar-refractivity contribution in [2.24, 2.45) is 15.2 Å². The summed E-state index contributed by atoms with van der Waals surface area (Å²) in [5.41, 5.74) is 0. The van der Waals surface area contributed by atoms with Gasteiger partial charge in [-0.2, -0.15) is 4.91 Å². The molecule has 0 bridgehead atoms. The number of aliphatic imine (C=N–C) groups is 2. The van der Waals surface area contributed by atoms with Crippen LogP contribution >= 0.6 is 31.9 Å². The molecule has 0 aromatic carbocycles. The molecular formula is C7H6Br2N4O. The molecule has 2 aliphatic rings. The summed E-state index contributed by atoms with van der Waals surface area (Å²) < 4.78 is 1.42. The number of halogens is 2. The Morgan fingerprint density at radius 1 is 1.64 bits per heavy atom. The van der Waals surface area contributed by atoms with Crippen molar-refractivity contribution in [1.82, 2.24) is 4.90 Å². The lowest BCUT2D eigenvalue weighted by Gasteiger charge is -2.18. The normalized spacial score (nSPS) is 25.1. The Hall–Kier alpha value is -0.560. The predicted octanol–water partition coefficient (Wildman–Crippen LogP) is 1.84. The van der Waals surface area contributed by atoms with Crippen LogP contribution in [0.2, 0.25) is 0 Å². The largest absolute Gasteiger partial charge is 0.326 e. The Balaban J connectivity index is 2.23. The monoisotopic (exact) mass is 320 g/mol. The molecule has 74 valence electrons. The van der Waals surface area contributed by atoms with Gasteiger partial charge in [0, 0.05) is 12.7 Å². The number of amidine groups is 1. The standard InChI is InChI=1S/C7H6Br2N4O/c8-5-3-13-2-4(1-10-14)11-7(13)6(9)12-5/h3-4H,1-2H2. The highest BCUT2D eigenvalue weighted by atomic mass is 79.9. The van der Waals surface area contributed by atoms with Crippen LogP contribution in [0.1, 0.15) is 0 Å². The van der Waals surface area contributed by atoms with Crippen LogP contribution in [0.15, 0.2) is 26.0 Å². The molecule has 2 heterocycles. The Morgan fingerprint density at radius 2 is 2.43 bits per heavy atom. The first-order valence-corrected chi connectivity index (χ1v) is 5.54. The maximum atomic E-state index is 10.1. The summed E-state index contributed by atoms with van der Waals surface area (Å²) in [6, 6.07) is -0.0556. The molecule has 5 nitrogen and oxygen atoms in total. The van der Waals surface area contributed by atoms with Crippen molar-refractivity contribution >= 4 is 42.3 Å². The molecule has 0 aromatic rings. The van der Waals surface area contributed by atoms with Crippen molar-refractivity contribution < 1.29 is 0 Å². The van der Waals surface area contributed by atoms with Gasteiger partial charge in [0.05, 0.1) is 6.04 Å². The van der Waals surface area contributed by atoms with E-state index in [0.717, 1.165) is 10.4 Å². The van der Waals surface area contributed by atoms with Gasteiger partial charge in [-0.1, -0.05) is 5.18 Å². The molecule has 1 unspecified atom stereocenters. The smallest absolute Gasteiger partial charge is 0.161 e. The lowest BCUT2D eigenvalue weighted by atomic mass is 10.3. The van der Waals surface area contributed by atoms with Gasteiger partial charge in [-0.25, -0.2) is 4.99 Å². The number of hydrogen-bond acceptors (Lipinski definition) is 5. The van der Waals surface area contributed by atoms with E-state index in [2.05, 4.69) is 47.0 Å². The summed E-state index contributed by atoms with van der Waals surface area (Å²) in [4.78, 5) is 20.5. The molecule has 2 rings (SSSR count). The maximum Gasteiger partial charge on any atom is 0.161 e. The van der Waals surface area contributed by atoms with E-state index in [1.54, 1.807) is 0 Å². The zero-order valence-corrected chi connectivity index (χ0v) is 10.2. The van der Waals surface area contributed by atoms with E-state index in [1.807, 2.05) is 11.1 Å². The second-order valence-electron chi connectivity index (χ2n) is 2.93. The fourth-order valence-electron chi connectivity index (χ4n) is 1.37. The van der Waals surface area contributed by atoms with E-state index < -0.39 is 0 Å². The molecule has 2 aliphatic heterocycles. The first-order chi connectivity index (χ1) is 6.70. The highest BCUT2D eigenvalue weighted by molar-refractivity contribution is 9.19. The van der Waals surface area contributed by atoms with E-state index in [4.69, 9.17) is 0 Å². The van der Waals surface area contributed by atoms with Crippen LogP contribution in [0, 0.1) is 4.91 Å². The van der Waals surface area contributed by atoms with Crippen LogP contribution in [-0.2, 0) is 0 Å². The van der Waals surface area contributed by atoms with E-state index in [-0.39, 0.29) is 12.6 Å². The first kappa shape index (κ1) is 9.97. The SMILES string of the molecule is O=NCC1CN2C=C(Br)N=C(Br)C2=N1. The van der Waals surface area contributed by atoms with Crippen LogP contribution in [0.4, 0.5) is 0 Å². The third-order valence-corrected chi connectivity index (χ3v) is 2.84. The summed E-state index contributed by atoms with van der Waals surface area (Å²) in [5, 5.41) is 2.85. The van der Waals surface area contributed by atoms with Gasteiger partial charge in [-0.3, -0.25) is 4.99 Å². The fourth-order valence-corrected chi connectivity index (χ4v) is 2.56. The summed E-state index contributed by atoms with van der Waals surface area (Å²) >= 11 is 6.60. The van der Waals surface area contributed by atoms with Gasteiger partial charge < -0.3 is 4.90 Å². The Labute approximate surface area is 97.2 Å². The molecule has 0 aliphatic carbocycles. The van der Waals surface area contributed by atoms with Crippen LogP contribution in [0.5, 0.6) is 0 Å². The molecular weight excluding hydrogens is 316 g/mol. The topological polar surface area (TPSA) is 57.4 Å². The molecule has 0 amide bonds. The molecule has 0 N–H and O–H groups in total. The summed E-state index contributed by atoms with van der Waals surface area (Å²) in [7, 11) is 0. The molecule has 14 heavy (non-hydrogen) atoms. The van der Waals surface area contributed by atoms with Gasteiger partial charge in [-0.15, -0.1) is 0 Å². The number of fused-ring (bicyclic) bond motifs is 1.